The number of rotatable bonds is 4. The lowest BCUT2D eigenvalue weighted by Gasteiger charge is -2.16. The SMILES string of the molecule is O=C(O[Si](c1ccccc1)c1ccccc1)c1ccccc1. The average molecular weight is 303 g/mol. The van der Waals surface area contributed by atoms with Crippen molar-refractivity contribution in [3.05, 3.63) is 96.6 Å². The summed E-state index contributed by atoms with van der Waals surface area (Å²) in [5.74, 6) is -0.276. The highest BCUT2D eigenvalue weighted by Gasteiger charge is 2.24. The Morgan fingerprint density at radius 1 is 0.636 bits per heavy atom. The second kappa shape index (κ2) is 6.87. The van der Waals surface area contributed by atoms with Gasteiger partial charge in [0.15, 0.2) is 0 Å². The van der Waals surface area contributed by atoms with Crippen molar-refractivity contribution in [1.29, 1.82) is 0 Å². The minimum atomic E-state index is -1.60. The first-order chi connectivity index (χ1) is 10.8. The Morgan fingerprint density at radius 2 is 1.05 bits per heavy atom. The molecule has 3 heteroatoms. The maximum atomic E-state index is 12.4. The van der Waals surface area contributed by atoms with E-state index >= 15 is 0 Å². The fraction of sp³-hybridized carbons (Fsp3) is 0. The molecule has 2 nitrogen and oxygen atoms in total. The maximum absolute atomic E-state index is 12.4. The molecule has 1 radical (unpaired) electrons. The van der Waals surface area contributed by atoms with E-state index in [4.69, 9.17) is 4.43 Å². The van der Waals surface area contributed by atoms with Crippen LogP contribution in [-0.2, 0) is 4.43 Å². The normalized spacial score (nSPS) is 10.4. The lowest BCUT2D eigenvalue weighted by Crippen LogP contribution is -2.46. The minimum absolute atomic E-state index is 0.276. The molecule has 107 valence electrons. The zero-order chi connectivity index (χ0) is 15.2. The predicted octanol–water partition coefficient (Wildman–Crippen LogP) is 2.65. The van der Waals surface area contributed by atoms with Gasteiger partial charge in [0, 0.05) is 0 Å². The largest absolute Gasteiger partial charge is 0.504 e. The Bertz CT molecular complexity index is 688. The third-order valence-electron chi connectivity index (χ3n) is 3.28. The Labute approximate surface area is 131 Å². The van der Waals surface area contributed by atoms with Crippen LogP contribution in [0, 0.1) is 0 Å². The van der Waals surface area contributed by atoms with Gasteiger partial charge < -0.3 is 4.43 Å². The Kier molecular flexibility index (Phi) is 4.46. The topological polar surface area (TPSA) is 26.3 Å². The maximum Gasteiger partial charge on any atom is 0.356 e. The van der Waals surface area contributed by atoms with E-state index in [-0.39, 0.29) is 5.97 Å². The molecule has 22 heavy (non-hydrogen) atoms. The van der Waals surface area contributed by atoms with Crippen LogP contribution in [0.1, 0.15) is 10.4 Å². The molecule has 0 aliphatic rings. The van der Waals surface area contributed by atoms with E-state index in [1.807, 2.05) is 78.9 Å². The molecule has 0 saturated heterocycles. The molecule has 0 spiro atoms. The summed E-state index contributed by atoms with van der Waals surface area (Å²) < 4.78 is 5.87. The highest BCUT2D eigenvalue weighted by Crippen LogP contribution is 2.03. The molecule has 0 atom stereocenters. The molecule has 0 fully saturated rings. The van der Waals surface area contributed by atoms with E-state index in [2.05, 4.69) is 0 Å². The summed E-state index contributed by atoms with van der Waals surface area (Å²) in [6.45, 7) is 0. The van der Waals surface area contributed by atoms with E-state index in [1.165, 1.54) is 0 Å². The van der Waals surface area contributed by atoms with Crippen LogP contribution in [-0.4, -0.2) is 15.0 Å². The van der Waals surface area contributed by atoms with Crippen molar-refractivity contribution in [2.24, 2.45) is 0 Å². The van der Waals surface area contributed by atoms with Crippen LogP contribution >= 0.6 is 0 Å². The van der Waals surface area contributed by atoms with Crippen molar-refractivity contribution in [2.45, 2.75) is 0 Å². The van der Waals surface area contributed by atoms with E-state index in [0.29, 0.717) is 5.56 Å². The van der Waals surface area contributed by atoms with Gasteiger partial charge >= 0.3 is 15.0 Å². The molecule has 3 aromatic rings. The number of carbonyl (C=O) groups is 1. The monoisotopic (exact) mass is 303 g/mol. The van der Waals surface area contributed by atoms with Crippen molar-refractivity contribution >= 4 is 25.4 Å². The molecule has 0 unspecified atom stereocenters. The fourth-order valence-corrected chi connectivity index (χ4v) is 4.05. The number of carbonyl (C=O) groups excluding carboxylic acids is 1. The zero-order valence-corrected chi connectivity index (χ0v) is 13.0. The average Bonchev–Trinajstić information content (AvgIpc) is 2.62. The molecular formula is C19H15O2Si. The number of hydrogen-bond acceptors (Lipinski definition) is 2. The minimum Gasteiger partial charge on any atom is -0.504 e. The van der Waals surface area contributed by atoms with Gasteiger partial charge in [-0.3, -0.25) is 0 Å². The highest BCUT2D eigenvalue weighted by atomic mass is 28.3. The third kappa shape index (κ3) is 3.32. The Balaban J connectivity index is 1.91. The molecule has 0 N–H and O–H groups in total. The second-order valence-corrected chi connectivity index (χ2v) is 6.83. The first-order valence-electron chi connectivity index (χ1n) is 7.09. The van der Waals surface area contributed by atoms with Crippen LogP contribution in [0.3, 0.4) is 0 Å². The van der Waals surface area contributed by atoms with Crippen LogP contribution in [0.25, 0.3) is 0 Å². The summed E-state index contributed by atoms with van der Waals surface area (Å²) in [5, 5.41) is 2.12. The number of hydrogen-bond donors (Lipinski definition) is 0. The van der Waals surface area contributed by atoms with Gasteiger partial charge in [0.05, 0.1) is 5.56 Å². The second-order valence-electron chi connectivity index (χ2n) is 4.82. The lowest BCUT2D eigenvalue weighted by atomic mass is 10.2. The Morgan fingerprint density at radius 3 is 1.50 bits per heavy atom. The summed E-state index contributed by atoms with van der Waals surface area (Å²) in [7, 11) is -1.60. The van der Waals surface area contributed by atoms with Gasteiger partial charge in [-0.25, -0.2) is 4.79 Å². The summed E-state index contributed by atoms with van der Waals surface area (Å²) in [4.78, 5) is 12.4. The number of benzene rings is 3. The van der Waals surface area contributed by atoms with E-state index in [1.54, 1.807) is 12.1 Å². The van der Waals surface area contributed by atoms with Gasteiger partial charge in [0.2, 0.25) is 0 Å². The van der Waals surface area contributed by atoms with Crippen molar-refractivity contribution in [3.8, 4) is 0 Å². The van der Waals surface area contributed by atoms with Crippen molar-refractivity contribution in [3.63, 3.8) is 0 Å². The first kappa shape index (κ1) is 14.3. The van der Waals surface area contributed by atoms with Gasteiger partial charge in [-0.1, -0.05) is 78.9 Å². The molecule has 0 aliphatic heterocycles. The van der Waals surface area contributed by atoms with Crippen molar-refractivity contribution in [2.75, 3.05) is 0 Å². The van der Waals surface area contributed by atoms with E-state index in [0.717, 1.165) is 10.4 Å². The summed E-state index contributed by atoms with van der Waals surface area (Å²) in [6.07, 6.45) is 0. The third-order valence-corrected chi connectivity index (χ3v) is 5.38. The quantitative estimate of drug-likeness (QED) is 0.693. The molecule has 0 bridgehead atoms. The van der Waals surface area contributed by atoms with Crippen LogP contribution in [0.4, 0.5) is 0 Å². The fourth-order valence-electron chi connectivity index (χ4n) is 2.19. The van der Waals surface area contributed by atoms with Crippen LogP contribution in [0.15, 0.2) is 91.0 Å². The summed E-state index contributed by atoms with van der Waals surface area (Å²) in [6, 6.07) is 29.0. The zero-order valence-electron chi connectivity index (χ0n) is 12.0. The molecule has 3 rings (SSSR count). The molecule has 0 saturated carbocycles. The van der Waals surface area contributed by atoms with E-state index in [9.17, 15) is 4.79 Å². The first-order valence-corrected chi connectivity index (χ1v) is 8.50. The lowest BCUT2D eigenvalue weighted by molar-refractivity contribution is 0.0739. The summed E-state index contributed by atoms with van der Waals surface area (Å²) >= 11 is 0. The molecule has 0 aliphatic carbocycles. The van der Waals surface area contributed by atoms with Gasteiger partial charge in [0.1, 0.15) is 0 Å². The van der Waals surface area contributed by atoms with E-state index < -0.39 is 9.04 Å². The smallest absolute Gasteiger partial charge is 0.356 e. The van der Waals surface area contributed by atoms with Crippen molar-refractivity contribution in [1.82, 2.24) is 0 Å². The molecule has 0 aromatic heterocycles. The Hall–Kier alpha value is -2.65. The van der Waals surface area contributed by atoms with Gasteiger partial charge in [-0.2, -0.15) is 0 Å². The molecule has 0 heterocycles. The van der Waals surface area contributed by atoms with Gasteiger partial charge in [0.25, 0.3) is 0 Å². The molecule has 0 amide bonds. The van der Waals surface area contributed by atoms with Crippen LogP contribution in [0.2, 0.25) is 0 Å². The van der Waals surface area contributed by atoms with Crippen LogP contribution < -0.4 is 10.4 Å². The summed E-state index contributed by atoms with van der Waals surface area (Å²) in [5.41, 5.74) is 0.580. The van der Waals surface area contributed by atoms with Gasteiger partial charge in [-0.05, 0) is 22.5 Å². The molecular weight excluding hydrogens is 288 g/mol. The van der Waals surface area contributed by atoms with Crippen LogP contribution in [0.5, 0.6) is 0 Å². The van der Waals surface area contributed by atoms with Gasteiger partial charge in [-0.15, -0.1) is 0 Å². The predicted molar refractivity (Wildman–Crippen MR) is 89.8 cm³/mol. The molecule has 3 aromatic carbocycles. The highest BCUT2D eigenvalue weighted by molar-refractivity contribution is 6.81. The van der Waals surface area contributed by atoms with Crippen molar-refractivity contribution < 1.29 is 9.22 Å². The standard InChI is InChI=1S/C19H15O2Si/c20-19(16-10-4-1-5-11-16)21-22(17-12-6-2-7-13-17)18-14-8-3-9-15-18/h1-15H.